The number of rotatable bonds is 1. The molecule has 0 bridgehead atoms. The van der Waals surface area contributed by atoms with E-state index in [1.807, 2.05) is 54.6 Å². The number of Topliss-reactive ketones (excluding diaryl/α,β-unsaturated/α-hetero) is 1. The van der Waals surface area contributed by atoms with Crippen molar-refractivity contribution in [2.75, 3.05) is 0 Å². The fourth-order valence-corrected chi connectivity index (χ4v) is 1.02. The standard InChI is InChI=1S/C7H8O.C5H5.Fe/c1-6(8)7-4-2-3-5-7;1-2-4-5-3-1;/h2-5,7H,1H3;1-5H;/q;-1;+2. The molecule has 0 spiro atoms. The molecule has 1 aromatic carbocycles. The fourth-order valence-electron chi connectivity index (χ4n) is 1.02. The third kappa shape index (κ3) is 4.90. The maximum absolute atomic E-state index is 10.5. The van der Waals surface area contributed by atoms with Gasteiger partial charge in [-0.1, -0.05) is 24.3 Å². The van der Waals surface area contributed by atoms with Crippen molar-refractivity contribution in [3.63, 3.8) is 0 Å². The van der Waals surface area contributed by atoms with E-state index in [1.165, 1.54) is 0 Å². The molecule has 0 saturated carbocycles. The summed E-state index contributed by atoms with van der Waals surface area (Å²) in [5, 5.41) is 0. The number of hydrogen-bond donors (Lipinski definition) is 0. The van der Waals surface area contributed by atoms with Crippen LogP contribution in [0.5, 0.6) is 0 Å². The predicted molar refractivity (Wildman–Crippen MR) is 54.5 cm³/mol. The molecule has 0 N–H and O–H groups in total. The van der Waals surface area contributed by atoms with Crippen LogP contribution in [0.4, 0.5) is 0 Å². The van der Waals surface area contributed by atoms with E-state index in [2.05, 4.69) is 0 Å². The summed E-state index contributed by atoms with van der Waals surface area (Å²) in [5.41, 5.74) is 0. The Hall–Kier alpha value is -0.981. The number of ketones is 1. The molecule has 0 amide bonds. The topological polar surface area (TPSA) is 17.1 Å². The van der Waals surface area contributed by atoms with E-state index in [0.29, 0.717) is 0 Å². The molecule has 0 radical (unpaired) electrons. The van der Waals surface area contributed by atoms with Gasteiger partial charge < -0.3 is 0 Å². The van der Waals surface area contributed by atoms with Crippen LogP contribution in [0.25, 0.3) is 0 Å². The van der Waals surface area contributed by atoms with Crippen LogP contribution in [0.1, 0.15) is 6.92 Å². The van der Waals surface area contributed by atoms with Crippen LogP contribution in [0.2, 0.25) is 0 Å². The zero-order chi connectivity index (χ0) is 9.52. The van der Waals surface area contributed by atoms with Gasteiger partial charge in [0.25, 0.3) is 0 Å². The van der Waals surface area contributed by atoms with Crippen LogP contribution >= 0.6 is 0 Å². The second-order valence-electron chi connectivity index (χ2n) is 2.87. The Balaban J connectivity index is 0.000000246. The van der Waals surface area contributed by atoms with Crippen LogP contribution in [0, 0.1) is 5.92 Å². The molecule has 0 heterocycles. The monoisotopic (exact) mass is 229 g/mol. The summed E-state index contributed by atoms with van der Waals surface area (Å²) >= 11 is 0. The molecule has 0 atom stereocenters. The zero-order valence-electron chi connectivity index (χ0n) is 8.04. The van der Waals surface area contributed by atoms with Gasteiger partial charge in [0.1, 0.15) is 5.78 Å². The van der Waals surface area contributed by atoms with Crippen molar-refractivity contribution in [3.05, 3.63) is 54.6 Å². The molecule has 1 aliphatic rings. The summed E-state index contributed by atoms with van der Waals surface area (Å²) in [7, 11) is 0. The van der Waals surface area contributed by atoms with Crippen LogP contribution in [-0.2, 0) is 21.9 Å². The Bertz CT molecular complexity index is 267. The van der Waals surface area contributed by atoms with E-state index >= 15 is 0 Å². The van der Waals surface area contributed by atoms with Crippen LogP contribution in [-0.4, -0.2) is 5.78 Å². The minimum atomic E-state index is 0. The number of hydrogen-bond acceptors (Lipinski definition) is 1. The summed E-state index contributed by atoms with van der Waals surface area (Å²) in [4.78, 5) is 10.5. The number of carbonyl (C=O) groups is 1. The molecule has 0 unspecified atom stereocenters. The van der Waals surface area contributed by atoms with Gasteiger partial charge in [-0.05, 0) is 6.92 Å². The van der Waals surface area contributed by atoms with E-state index in [9.17, 15) is 4.79 Å². The molecule has 1 aromatic rings. The van der Waals surface area contributed by atoms with E-state index in [4.69, 9.17) is 0 Å². The molecular formula is C12H13FeO+. The van der Waals surface area contributed by atoms with Gasteiger partial charge in [0, 0.05) is 0 Å². The minimum absolute atomic E-state index is 0. The molecule has 0 saturated heterocycles. The molecule has 0 aliphatic heterocycles. The molecule has 0 fully saturated rings. The van der Waals surface area contributed by atoms with Crippen molar-refractivity contribution < 1.29 is 21.9 Å². The summed E-state index contributed by atoms with van der Waals surface area (Å²) in [5.74, 6) is 0.282. The fraction of sp³-hybridized carbons (Fsp3) is 0.167. The Morgan fingerprint density at radius 1 is 1.14 bits per heavy atom. The molecule has 74 valence electrons. The predicted octanol–water partition coefficient (Wildman–Crippen LogP) is 2.72. The van der Waals surface area contributed by atoms with E-state index in [1.54, 1.807) is 6.92 Å². The molecule has 0 aromatic heterocycles. The van der Waals surface area contributed by atoms with Crippen LogP contribution in [0.15, 0.2) is 54.6 Å². The van der Waals surface area contributed by atoms with E-state index in [-0.39, 0.29) is 28.8 Å². The molecule has 2 heteroatoms. The summed E-state index contributed by atoms with van der Waals surface area (Å²) in [6.07, 6.45) is 7.57. The van der Waals surface area contributed by atoms with E-state index in [0.717, 1.165) is 0 Å². The Labute approximate surface area is 95.4 Å². The van der Waals surface area contributed by atoms with Crippen molar-refractivity contribution in [1.82, 2.24) is 0 Å². The van der Waals surface area contributed by atoms with Gasteiger partial charge in [0.15, 0.2) is 0 Å². The summed E-state index contributed by atoms with van der Waals surface area (Å²) in [6.45, 7) is 1.60. The first-order chi connectivity index (χ1) is 6.30. The summed E-state index contributed by atoms with van der Waals surface area (Å²) in [6, 6.07) is 10.0. The number of carbonyl (C=O) groups excluding carboxylic acids is 1. The first-order valence-electron chi connectivity index (χ1n) is 4.33. The minimum Gasteiger partial charge on any atom is -0.299 e. The smallest absolute Gasteiger partial charge is 0.299 e. The molecule has 2 rings (SSSR count). The van der Waals surface area contributed by atoms with Crippen LogP contribution < -0.4 is 0 Å². The van der Waals surface area contributed by atoms with Crippen molar-refractivity contribution >= 4 is 5.78 Å². The van der Waals surface area contributed by atoms with Gasteiger partial charge in [-0.15, -0.1) is 0 Å². The first-order valence-corrected chi connectivity index (χ1v) is 4.33. The average molecular weight is 229 g/mol. The first kappa shape index (κ1) is 13.0. The average Bonchev–Trinajstić information content (AvgIpc) is 2.82. The quantitative estimate of drug-likeness (QED) is 0.534. The van der Waals surface area contributed by atoms with Crippen molar-refractivity contribution in [1.29, 1.82) is 0 Å². The Morgan fingerprint density at radius 2 is 1.64 bits per heavy atom. The van der Waals surface area contributed by atoms with Crippen LogP contribution in [0.3, 0.4) is 0 Å². The van der Waals surface area contributed by atoms with Gasteiger partial charge in [0.2, 0.25) is 0 Å². The van der Waals surface area contributed by atoms with Gasteiger partial charge in [-0.25, -0.2) is 12.1 Å². The second-order valence-corrected chi connectivity index (χ2v) is 2.87. The van der Waals surface area contributed by atoms with Gasteiger partial charge >= 0.3 is 17.1 Å². The van der Waals surface area contributed by atoms with Gasteiger partial charge in [0.05, 0.1) is 5.92 Å². The van der Waals surface area contributed by atoms with Crippen molar-refractivity contribution in [2.45, 2.75) is 6.92 Å². The molecular weight excluding hydrogens is 216 g/mol. The maximum Gasteiger partial charge on any atom is 2.00 e. The Kier molecular flexibility index (Phi) is 6.91. The van der Waals surface area contributed by atoms with E-state index < -0.39 is 0 Å². The molecule has 1 aliphatic carbocycles. The third-order valence-electron chi connectivity index (χ3n) is 1.77. The van der Waals surface area contributed by atoms with Crippen molar-refractivity contribution in [2.24, 2.45) is 5.92 Å². The largest absolute Gasteiger partial charge is 2.00 e. The summed E-state index contributed by atoms with van der Waals surface area (Å²) < 4.78 is 0. The van der Waals surface area contributed by atoms with Crippen molar-refractivity contribution in [3.8, 4) is 0 Å². The number of allylic oxidation sites excluding steroid dienone is 4. The third-order valence-corrected chi connectivity index (χ3v) is 1.77. The maximum atomic E-state index is 10.5. The van der Waals surface area contributed by atoms with Gasteiger partial charge in [-0.2, -0.15) is 18.2 Å². The van der Waals surface area contributed by atoms with Gasteiger partial charge in [-0.3, -0.25) is 4.79 Å². The normalized spacial score (nSPS) is 12.9. The molecule has 14 heavy (non-hydrogen) atoms. The zero-order valence-corrected chi connectivity index (χ0v) is 9.14. The Morgan fingerprint density at radius 3 is 1.86 bits per heavy atom. The second kappa shape index (κ2) is 7.43. The SMILES string of the molecule is CC(=O)C1C=CC=C1.[Fe+2].c1cc[cH-]c1. The molecule has 1 nitrogen and oxygen atoms in total.